The van der Waals surface area contributed by atoms with Crippen LogP contribution in [0.4, 0.5) is 10.5 Å². The number of anilines is 1. The quantitative estimate of drug-likeness (QED) is 0.682. The number of hydrogen-bond donors (Lipinski definition) is 1. The molecule has 1 atom stereocenters. The van der Waals surface area contributed by atoms with E-state index in [0.717, 1.165) is 29.8 Å². The van der Waals surface area contributed by atoms with E-state index in [4.69, 9.17) is 0 Å². The van der Waals surface area contributed by atoms with Gasteiger partial charge in [-0.1, -0.05) is 68.3 Å². The first-order valence-electron chi connectivity index (χ1n) is 9.45. The zero-order chi connectivity index (χ0) is 18.4. The summed E-state index contributed by atoms with van der Waals surface area (Å²) in [5.74, 6) is 0.190. The first-order valence-corrected chi connectivity index (χ1v) is 9.45. The SMILES string of the molecule is CCCCCC1=NN(C(=O)Nc2ccccc2C)CC1c1ccccc1. The highest BCUT2D eigenvalue weighted by Crippen LogP contribution is 2.28. The number of carbonyl (C=O) groups is 1. The van der Waals surface area contributed by atoms with E-state index < -0.39 is 0 Å². The van der Waals surface area contributed by atoms with Crippen LogP contribution in [0.5, 0.6) is 0 Å². The Labute approximate surface area is 155 Å². The van der Waals surface area contributed by atoms with Crippen LogP contribution in [0, 0.1) is 6.92 Å². The van der Waals surface area contributed by atoms with Crippen molar-refractivity contribution in [2.75, 3.05) is 11.9 Å². The molecule has 2 amide bonds. The molecule has 1 heterocycles. The Kier molecular flexibility index (Phi) is 6.05. The minimum atomic E-state index is -0.161. The smallest absolute Gasteiger partial charge is 0.306 e. The number of carbonyl (C=O) groups excluding carboxylic acids is 1. The van der Waals surface area contributed by atoms with Gasteiger partial charge in [-0.3, -0.25) is 0 Å². The average Bonchev–Trinajstić information content (AvgIpc) is 3.09. The number of unbranched alkanes of at least 4 members (excludes halogenated alkanes) is 2. The molecular weight excluding hydrogens is 322 g/mol. The second-order valence-corrected chi connectivity index (χ2v) is 6.84. The molecule has 0 spiro atoms. The first kappa shape index (κ1) is 18.2. The fourth-order valence-corrected chi connectivity index (χ4v) is 3.33. The van der Waals surface area contributed by atoms with Gasteiger partial charge in [-0.25, -0.2) is 9.80 Å². The number of amides is 2. The Hall–Kier alpha value is -2.62. The number of para-hydroxylation sites is 1. The summed E-state index contributed by atoms with van der Waals surface area (Å²) >= 11 is 0. The molecule has 0 aromatic heterocycles. The third kappa shape index (κ3) is 4.31. The topological polar surface area (TPSA) is 44.7 Å². The van der Waals surface area contributed by atoms with Crippen molar-refractivity contribution >= 4 is 17.4 Å². The van der Waals surface area contributed by atoms with Crippen LogP contribution in [0.25, 0.3) is 0 Å². The second kappa shape index (κ2) is 8.65. The molecule has 0 fully saturated rings. The fraction of sp³-hybridized carbons (Fsp3) is 0.364. The highest BCUT2D eigenvalue weighted by Gasteiger charge is 2.31. The van der Waals surface area contributed by atoms with Gasteiger partial charge in [0.25, 0.3) is 0 Å². The molecule has 136 valence electrons. The van der Waals surface area contributed by atoms with Crippen LogP contribution in [0.2, 0.25) is 0 Å². The van der Waals surface area contributed by atoms with Gasteiger partial charge in [-0.05, 0) is 37.0 Å². The third-order valence-electron chi connectivity index (χ3n) is 4.87. The van der Waals surface area contributed by atoms with Gasteiger partial charge in [0.05, 0.1) is 6.54 Å². The number of benzene rings is 2. The molecule has 4 nitrogen and oxygen atoms in total. The summed E-state index contributed by atoms with van der Waals surface area (Å²) in [5.41, 5.74) is 4.23. The third-order valence-corrected chi connectivity index (χ3v) is 4.87. The summed E-state index contributed by atoms with van der Waals surface area (Å²) in [6.45, 7) is 4.79. The zero-order valence-electron chi connectivity index (χ0n) is 15.6. The molecular formula is C22H27N3O. The zero-order valence-corrected chi connectivity index (χ0v) is 15.6. The second-order valence-electron chi connectivity index (χ2n) is 6.84. The summed E-state index contributed by atoms with van der Waals surface area (Å²) in [6, 6.07) is 18.0. The Morgan fingerprint density at radius 3 is 2.58 bits per heavy atom. The summed E-state index contributed by atoms with van der Waals surface area (Å²) < 4.78 is 0. The normalized spacial score (nSPS) is 16.5. The molecule has 0 bridgehead atoms. The molecule has 2 aromatic rings. The molecule has 3 rings (SSSR count). The lowest BCUT2D eigenvalue weighted by Gasteiger charge is -2.16. The van der Waals surface area contributed by atoms with E-state index >= 15 is 0 Å². The molecule has 4 heteroatoms. The van der Waals surface area contributed by atoms with Crippen molar-refractivity contribution in [3.63, 3.8) is 0 Å². The molecule has 1 aliphatic rings. The van der Waals surface area contributed by atoms with Crippen molar-refractivity contribution in [1.29, 1.82) is 0 Å². The van der Waals surface area contributed by atoms with E-state index in [0.29, 0.717) is 6.54 Å². The van der Waals surface area contributed by atoms with Crippen molar-refractivity contribution in [3.05, 3.63) is 65.7 Å². The number of hydrogen-bond acceptors (Lipinski definition) is 2. The molecule has 1 aliphatic heterocycles. The van der Waals surface area contributed by atoms with Crippen LogP contribution in [-0.2, 0) is 0 Å². The van der Waals surface area contributed by atoms with Gasteiger partial charge < -0.3 is 5.32 Å². The molecule has 26 heavy (non-hydrogen) atoms. The maximum atomic E-state index is 12.7. The van der Waals surface area contributed by atoms with Crippen LogP contribution >= 0.6 is 0 Å². The van der Waals surface area contributed by atoms with Crippen molar-refractivity contribution in [3.8, 4) is 0 Å². The van der Waals surface area contributed by atoms with Gasteiger partial charge in [0, 0.05) is 17.3 Å². The van der Waals surface area contributed by atoms with Crippen molar-refractivity contribution in [2.24, 2.45) is 5.10 Å². The monoisotopic (exact) mass is 349 g/mol. The Balaban J connectivity index is 1.75. The molecule has 0 radical (unpaired) electrons. The number of nitrogens with zero attached hydrogens (tertiary/aromatic N) is 2. The number of nitrogens with one attached hydrogen (secondary N) is 1. The number of hydrazone groups is 1. The lowest BCUT2D eigenvalue weighted by molar-refractivity contribution is 0.218. The van der Waals surface area contributed by atoms with E-state index in [9.17, 15) is 4.79 Å². The molecule has 1 N–H and O–H groups in total. The van der Waals surface area contributed by atoms with Crippen molar-refractivity contribution in [2.45, 2.75) is 45.4 Å². The van der Waals surface area contributed by atoms with E-state index in [1.54, 1.807) is 5.01 Å². The van der Waals surface area contributed by atoms with E-state index in [-0.39, 0.29) is 11.9 Å². The predicted molar refractivity (Wildman–Crippen MR) is 108 cm³/mol. The van der Waals surface area contributed by atoms with Gasteiger partial charge in [-0.2, -0.15) is 5.10 Å². The molecule has 2 aromatic carbocycles. The Bertz CT molecular complexity index is 770. The van der Waals surface area contributed by atoms with E-state index in [2.05, 4.69) is 41.6 Å². The van der Waals surface area contributed by atoms with Crippen molar-refractivity contribution < 1.29 is 4.79 Å². The maximum absolute atomic E-state index is 12.7. The highest BCUT2D eigenvalue weighted by atomic mass is 16.2. The fourth-order valence-electron chi connectivity index (χ4n) is 3.33. The average molecular weight is 349 g/mol. The van der Waals surface area contributed by atoms with Crippen LogP contribution in [-0.4, -0.2) is 23.3 Å². The lowest BCUT2D eigenvalue weighted by Crippen LogP contribution is -2.30. The molecule has 0 saturated carbocycles. The highest BCUT2D eigenvalue weighted by molar-refractivity contribution is 5.97. The van der Waals surface area contributed by atoms with Crippen molar-refractivity contribution in [1.82, 2.24) is 5.01 Å². The van der Waals surface area contributed by atoms with Gasteiger partial charge in [0.15, 0.2) is 0 Å². The Morgan fingerprint density at radius 2 is 1.85 bits per heavy atom. The van der Waals surface area contributed by atoms with Crippen LogP contribution < -0.4 is 5.32 Å². The first-order chi connectivity index (χ1) is 12.7. The summed E-state index contributed by atoms with van der Waals surface area (Å²) in [5, 5.41) is 9.26. The van der Waals surface area contributed by atoms with E-state index in [1.807, 2.05) is 37.3 Å². The molecule has 0 saturated heterocycles. The van der Waals surface area contributed by atoms with E-state index in [1.165, 1.54) is 18.4 Å². The molecule has 1 unspecified atom stereocenters. The van der Waals surface area contributed by atoms with Crippen LogP contribution in [0.15, 0.2) is 59.7 Å². The van der Waals surface area contributed by atoms with Crippen LogP contribution in [0.3, 0.4) is 0 Å². The number of urea groups is 1. The molecule has 0 aliphatic carbocycles. The number of aryl methyl sites for hydroxylation is 1. The predicted octanol–water partition coefficient (Wildman–Crippen LogP) is 5.56. The standard InChI is InChI=1S/C22H27N3O/c1-3-4-6-15-21-19(18-12-7-5-8-13-18)16-25(24-21)22(26)23-20-14-10-9-11-17(20)2/h5,7-14,19H,3-4,6,15-16H2,1-2H3,(H,23,26). The minimum absolute atomic E-state index is 0.161. The largest absolute Gasteiger partial charge is 0.342 e. The number of rotatable bonds is 6. The summed E-state index contributed by atoms with van der Waals surface area (Å²) in [4.78, 5) is 12.7. The summed E-state index contributed by atoms with van der Waals surface area (Å²) in [6.07, 6.45) is 4.43. The van der Waals surface area contributed by atoms with Gasteiger partial charge >= 0.3 is 6.03 Å². The van der Waals surface area contributed by atoms with Gasteiger partial charge in [0.2, 0.25) is 0 Å². The summed E-state index contributed by atoms with van der Waals surface area (Å²) in [7, 11) is 0. The van der Waals surface area contributed by atoms with Crippen LogP contribution in [0.1, 0.15) is 49.7 Å². The van der Waals surface area contributed by atoms with Gasteiger partial charge in [0.1, 0.15) is 0 Å². The minimum Gasteiger partial charge on any atom is -0.306 e. The van der Waals surface area contributed by atoms with Gasteiger partial charge in [-0.15, -0.1) is 0 Å². The lowest BCUT2D eigenvalue weighted by atomic mass is 9.92. The maximum Gasteiger partial charge on any atom is 0.342 e. The Morgan fingerprint density at radius 1 is 1.12 bits per heavy atom.